The van der Waals surface area contributed by atoms with Gasteiger partial charge in [0.2, 0.25) is 0 Å². The summed E-state index contributed by atoms with van der Waals surface area (Å²) in [4.78, 5) is 3.94. The number of piperidine rings is 1. The summed E-state index contributed by atoms with van der Waals surface area (Å²) in [7, 11) is 0. The zero-order chi connectivity index (χ0) is 11.9. The lowest BCUT2D eigenvalue weighted by Crippen LogP contribution is -2.47. The molecule has 2 atom stereocenters. The van der Waals surface area contributed by atoms with Crippen LogP contribution in [0.2, 0.25) is 0 Å². The highest BCUT2D eigenvalue weighted by Crippen LogP contribution is 2.38. The summed E-state index contributed by atoms with van der Waals surface area (Å²) in [5.41, 5.74) is 5.52. The number of nitrogens with two attached hydrogens (primary N) is 1. The molecule has 2 bridgehead atoms. The molecule has 0 aliphatic carbocycles. The van der Waals surface area contributed by atoms with Gasteiger partial charge in [0.1, 0.15) is 11.5 Å². The van der Waals surface area contributed by atoms with Crippen LogP contribution < -0.4 is 11.1 Å². The molecule has 0 aromatic carbocycles. The van der Waals surface area contributed by atoms with E-state index in [4.69, 9.17) is 5.73 Å². The molecule has 3 rings (SSSR count). The van der Waals surface area contributed by atoms with Gasteiger partial charge in [-0.25, -0.2) is 9.37 Å². The van der Waals surface area contributed by atoms with Gasteiger partial charge in [-0.3, -0.25) is 0 Å². The van der Waals surface area contributed by atoms with Crippen LogP contribution in [0.4, 0.5) is 10.2 Å². The van der Waals surface area contributed by atoms with E-state index in [2.05, 4.69) is 10.3 Å². The molecule has 3 heterocycles. The Hall–Kier alpha value is -1.16. The first-order valence-corrected chi connectivity index (χ1v) is 6.28. The summed E-state index contributed by atoms with van der Waals surface area (Å²) in [5, 5.41) is 3.47. The van der Waals surface area contributed by atoms with Crippen LogP contribution in [0.15, 0.2) is 18.3 Å². The Morgan fingerprint density at radius 2 is 2.12 bits per heavy atom. The van der Waals surface area contributed by atoms with E-state index < -0.39 is 5.67 Å². The standard InChI is InChI=1S/C13H18FN3/c14-13(6-9-3-4-16-12(15)5-9)7-10-1-2-11(8-13)17-10/h3-5,10-11,17H,1-2,6-8H2,(H2,15,16). The second-order valence-corrected chi connectivity index (χ2v) is 5.46. The van der Waals surface area contributed by atoms with Crippen LogP contribution in [-0.2, 0) is 6.42 Å². The number of halogens is 1. The largest absolute Gasteiger partial charge is 0.384 e. The van der Waals surface area contributed by atoms with Crippen molar-refractivity contribution in [2.75, 3.05) is 5.73 Å². The first-order valence-electron chi connectivity index (χ1n) is 6.28. The van der Waals surface area contributed by atoms with Gasteiger partial charge in [0.15, 0.2) is 0 Å². The number of nitrogens with zero attached hydrogens (tertiary/aromatic N) is 1. The molecular formula is C13H18FN3. The van der Waals surface area contributed by atoms with Crippen LogP contribution in [0.1, 0.15) is 31.2 Å². The summed E-state index contributed by atoms with van der Waals surface area (Å²) < 4.78 is 14.8. The van der Waals surface area contributed by atoms with Gasteiger partial charge in [0.05, 0.1) is 0 Å². The number of fused-ring (bicyclic) bond motifs is 2. The van der Waals surface area contributed by atoms with Crippen LogP contribution in [-0.4, -0.2) is 22.7 Å². The fourth-order valence-electron chi connectivity index (χ4n) is 3.31. The van der Waals surface area contributed by atoms with E-state index in [1.54, 1.807) is 12.3 Å². The van der Waals surface area contributed by atoms with Crippen molar-refractivity contribution in [3.63, 3.8) is 0 Å². The van der Waals surface area contributed by atoms with E-state index in [0.29, 0.717) is 37.2 Å². The van der Waals surface area contributed by atoms with Crippen molar-refractivity contribution in [1.29, 1.82) is 0 Å². The zero-order valence-electron chi connectivity index (χ0n) is 9.82. The number of hydrogen-bond donors (Lipinski definition) is 2. The lowest BCUT2D eigenvalue weighted by atomic mass is 9.84. The molecule has 2 saturated heterocycles. The minimum Gasteiger partial charge on any atom is -0.384 e. The fraction of sp³-hybridized carbons (Fsp3) is 0.615. The van der Waals surface area contributed by atoms with E-state index in [-0.39, 0.29) is 0 Å². The smallest absolute Gasteiger partial charge is 0.123 e. The molecular weight excluding hydrogens is 217 g/mol. The van der Waals surface area contributed by atoms with Crippen LogP contribution in [0.3, 0.4) is 0 Å². The monoisotopic (exact) mass is 235 g/mol. The zero-order valence-corrected chi connectivity index (χ0v) is 9.82. The van der Waals surface area contributed by atoms with Crippen LogP contribution in [0.25, 0.3) is 0 Å². The highest BCUT2D eigenvalue weighted by molar-refractivity contribution is 5.32. The predicted octanol–water partition coefficient (Wildman–Crippen LogP) is 1.83. The van der Waals surface area contributed by atoms with Crippen LogP contribution in [0.5, 0.6) is 0 Å². The number of rotatable bonds is 2. The third-order valence-electron chi connectivity index (χ3n) is 3.93. The number of anilines is 1. The maximum Gasteiger partial charge on any atom is 0.123 e. The number of hydrogen-bond acceptors (Lipinski definition) is 3. The molecule has 0 amide bonds. The van der Waals surface area contributed by atoms with Gasteiger partial charge in [0, 0.05) is 24.7 Å². The number of pyridine rings is 1. The van der Waals surface area contributed by atoms with Crippen molar-refractivity contribution >= 4 is 5.82 Å². The summed E-state index contributed by atoms with van der Waals surface area (Å²) in [6.07, 6.45) is 5.62. The molecule has 3 N–H and O–H groups in total. The topological polar surface area (TPSA) is 50.9 Å². The Morgan fingerprint density at radius 1 is 1.41 bits per heavy atom. The van der Waals surface area contributed by atoms with Gasteiger partial charge in [-0.2, -0.15) is 0 Å². The lowest BCUT2D eigenvalue weighted by Gasteiger charge is -2.35. The average Bonchev–Trinajstić information content (AvgIpc) is 2.58. The molecule has 2 fully saturated rings. The van der Waals surface area contributed by atoms with E-state index in [1.807, 2.05) is 6.07 Å². The van der Waals surface area contributed by atoms with Crippen molar-refractivity contribution < 1.29 is 4.39 Å². The molecule has 3 nitrogen and oxygen atoms in total. The van der Waals surface area contributed by atoms with E-state index >= 15 is 0 Å². The number of aromatic nitrogens is 1. The Bertz CT molecular complexity index is 409. The predicted molar refractivity (Wildman–Crippen MR) is 65.4 cm³/mol. The van der Waals surface area contributed by atoms with E-state index in [9.17, 15) is 4.39 Å². The Kier molecular flexibility index (Phi) is 2.54. The van der Waals surface area contributed by atoms with Gasteiger partial charge >= 0.3 is 0 Å². The van der Waals surface area contributed by atoms with Crippen LogP contribution >= 0.6 is 0 Å². The van der Waals surface area contributed by atoms with E-state index in [0.717, 1.165) is 18.4 Å². The SMILES string of the molecule is Nc1cc(CC2(F)CC3CCC(C2)N3)ccn1. The highest BCUT2D eigenvalue weighted by atomic mass is 19.1. The second kappa shape index (κ2) is 3.95. The molecule has 92 valence electrons. The molecule has 2 aliphatic rings. The molecule has 2 aliphatic heterocycles. The molecule has 0 radical (unpaired) electrons. The first kappa shape index (κ1) is 11.0. The third-order valence-corrected chi connectivity index (χ3v) is 3.93. The summed E-state index contributed by atoms with van der Waals surface area (Å²) >= 11 is 0. The Labute approximate surface area is 101 Å². The molecule has 0 spiro atoms. The summed E-state index contributed by atoms with van der Waals surface area (Å²) in [5.74, 6) is 0.475. The van der Waals surface area contributed by atoms with Gasteiger partial charge in [-0.05, 0) is 43.4 Å². The molecule has 0 saturated carbocycles. The normalized spacial score (nSPS) is 36.1. The fourth-order valence-corrected chi connectivity index (χ4v) is 3.31. The van der Waals surface area contributed by atoms with Crippen molar-refractivity contribution in [3.05, 3.63) is 23.9 Å². The van der Waals surface area contributed by atoms with Crippen molar-refractivity contribution in [1.82, 2.24) is 10.3 Å². The Balaban J connectivity index is 1.76. The average molecular weight is 235 g/mol. The first-order chi connectivity index (χ1) is 8.13. The van der Waals surface area contributed by atoms with Gasteiger partial charge in [0.25, 0.3) is 0 Å². The number of nitrogens with one attached hydrogen (secondary N) is 1. The quantitative estimate of drug-likeness (QED) is 0.822. The summed E-state index contributed by atoms with van der Waals surface area (Å²) in [6, 6.07) is 4.39. The van der Waals surface area contributed by atoms with Crippen molar-refractivity contribution in [2.45, 2.75) is 49.9 Å². The van der Waals surface area contributed by atoms with Crippen molar-refractivity contribution in [3.8, 4) is 0 Å². The lowest BCUT2D eigenvalue weighted by molar-refractivity contribution is 0.0894. The second-order valence-electron chi connectivity index (χ2n) is 5.46. The molecule has 1 aromatic rings. The van der Waals surface area contributed by atoms with Crippen LogP contribution in [0, 0.1) is 0 Å². The van der Waals surface area contributed by atoms with Gasteiger partial charge in [-0.15, -0.1) is 0 Å². The van der Waals surface area contributed by atoms with E-state index in [1.165, 1.54) is 0 Å². The molecule has 2 unspecified atom stereocenters. The summed E-state index contributed by atoms with van der Waals surface area (Å²) in [6.45, 7) is 0. The minimum atomic E-state index is -1.06. The maximum absolute atomic E-state index is 14.8. The molecule has 1 aromatic heterocycles. The highest BCUT2D eigenvalue weighted by Gasteiger charge is 2.43. The van der Waals surface area contributed by atoms with Gasteiger partial charge < -0.3 is 11.1 Å². The number of alkyl halides is 1. The van der Waals surface area contributed by atoms with Crippen molar-refractivity contribution in [2.24, 2.45) is 0 Å². The third kappa shape index (κ3) is 2.27. The minimum absolute atomic E-state index is 0.373. The molecule has 4 heteroatoms. The maximum atomic E-state index is 14.8. The molecule has 17 heavy (non-hydrogen) atoms. The number of nitrogen functional groups attached to an aromatic ring is 1. The van der Waals surface area contributed by atoms with Gasteiger partial charge in [-0.1, -0.05) is 0 Å². The Morgan fingerprint density at radius 3 is 2.76 bits per heavy atom.